The Morgan fingerprint density at radius 3 is 0.682 bits per heavy atom. The number of thioether (sulfide) groups is 2. The summed E-state index contributed by atoms with van der Waals surface area (Å²) in [5, 5.41) is -13.7. The molecule has 0 bridgehead atoms. The maximum Gasteiger partial charge on any atom is 0.447 e. The zero-order valence-corrected chi connectivity index (χ0v) is 10.7. The smallest absolute Gasteiger partial charge is 0.191 e. The van der Waals surface area contributed by atoms with Gasteiger partial charge in [0.1, 0.15) is 0 Å². The van der Waals surface area contributed by atoms with Gasteiger partial charge in [0.25, 0.3) is 0 Å². The zero-order valence-electron chi connectivity index (χ0n) is 9.11. The molecule has 0 amide bonds. The molecule has 0 radical (unpaired) electrons. The molecule has 0 nitrogen and oxygen atoms in total. The van der Waals surface area contributed by atoms with E-state index in [9.17, 15) is 61.5 Å². The summed E-state index contributed by atoms with van der Waals surface area (Å²) in [5.41, 5.74) is -12.5. The quantitative estimate of drug-likeness (QED) is 0.522. The summed E-state index contributed by atoms with van der Waals surface area (Å²) in [6, 6.07) is 0. The first-order valence-corrected chi connectivity index (χ1v) is 5.85. The predicted octanol–water partition coefficient (Wildman–Crippen LogP) is 5.95. The molecule has 0 fully saturated rings. The monoisotopic (exact) mass is 402 g/mol. The minimum Gasteiger partial charge on any atom is -0.191 e. The first-order valence-electron chi connectivity index (χ1n) is 4.21. The molecule has 0 aliphatic carbocycles. The van der Waals surface area contributed by atoms with Crippen LogP contribution >= 0.6 is 23.5 Å². The molecule has 0 aliphatic rings. The summed E-state index contributed by atoms with van der Waals surface area (Å²) in [7, 11) is 0. The van der Waals surface area contributed by atoms with Crippen LogP contribution in [0, 0.1) is 0 Å². The van der Waals surface area contributed by atoms with Crippen LogP contribution in [0.4, 0.5) is 61.5 Å². The van der Waals surface area contributed by atoms with E-state index in [0.717, 1.165) is 0 Å². The Balaban J connectivity index is 5.74. The van der Waals surface area contributed by atoms with E-state index in [2.05, 4.69) is 0 Å². The van der Waals surface area contributed by atoms with E-state index in [0.29, 0.717) is 0 Å². The Hall–Kier alpha value is -0.280. The van der Waals surface area contributed by atoms with Gasteiger partial charge in [0.2, 0.25) is 0 Å². The largest absolute Gasteiger partial charge is 0.447 e. The zero-order chi connectivity index (χ0) is 18.4. The molecule has 0 saturated heterocycles. The second kappa shape index (κ2) is 5.66. The molecular weight excluding hydrogens is 402 g/mol. The summed E-state index contributed by atoms with van der Waals surface area (Å²) in [5.74, 6) is -14.9. The fourth-order valence-electron chi connectivity index (χ4n) is 0.784. The van der Waals surface area contributed by atoms with Crippen molar-refractivity contribution in [3.63, 3.8) is 0 Å². The molecule has 0 aromatic carbocycles. The molecule has 0 aromatic heterocycles. The number of alkyl halides is 14. The standard InChI is InChI=1S/C6F14S2/c7-1(8,3(11,12)21-5(15,16)17)2(9,10)4(13,14)22-6(18,19)20. The lowest BCUT2D eigenvalue weighted by Gasteiger charge is -2.36. The van der Waals surface area contributed by atoms with Gasteiger partial charge in [-0.2, -0.15) is 61.5 Å². The van der Waals surface area contributed by atoms with Gasteiger partial charge in [-0.25, -0.2) is 0 Å². The van der Waals surface area contributed by atoms with Crippen molar-refractivity contribution in [3.8, 4) is 0 Å². The lowest BCUT2D eigenvalue weighted by atomic mass is 10.2. The highest BCUT2D eigenvalue weighted by molar-refractivity contribution is 8.01. The van der Waals surface area contributed by atoms with Crippen LogP contribution in [0.1, 0.15) is 0 Å². The van der Waals surface area contributed by atoms with Crippen LogP contribution in [0.15, 0.2) is 0 Å². The fourth-order valence-corrected chi connectivity index (χ4v) is 1.88. The first-order chi connectivity index (χ1) is 9.16. The summed E-state index contributed by atoms with van der Waals surface area (Å²) in [6.45, 7) is 0. The Bertz CT molecular complexity index is 353. The van der Waals surface area contributed by atoms with Crippen LogP contribution in [0.5, 0.6) is 0 Å². The number of rotatable bonds is 5. The molecule has 22 heavy (non-hydrogen) atoms. The van der Waals surface area contributed by atoms with Crippen LogP contribution in [0.3, 0.4) is 0 Å². The maximum absolute atomic E-state index is 12.7. The lowest BCUT2D eigenvalue weighted by Crippen LogP contribution is -2.61. The van der Waals surface area contributed by atoms with E-state index in [1.54, 1.807) is 0 Å². The van der Waals surface area contributed by atoms with Crippen molar-refractivity contribution in [1.29, 1.82) is 0 Å². The van der Waals surface area contributed by atoms with Crippen molar-refractivity contribution in [2.24, 2.45) is 0 Å². The van der Waals surface area contributed by atoms with Crippen molar-refractivity contribution in [2.45, 2.75) is 33.4 Å². The van der Waals surface area contributed by atoms with Crippen LogP contribution in [0.25, 0.3) is 0 Å². The Morgan fingerprint density at radius 1 is 0.364 bits per heavy atom. The minimum absolute atomic E-state index is 3.06. The summed E-state index contributed by atoms with van der Waals surface area (Å²) in [6.07, 6.45) is 0. The SMILES string of the molecule is FC(F)(F)SC(F)(F)C(F)(F)C(F)(F)C(F)(F)SC(F)(F)F. The molecular formula is C6F14S2. The molecule has 0 aliphatic heterocycles. The van der Waals surface area contributed by atoms with Crippen molar-refractivity contribution in [3.05, 3.63) is 0 Å². The Labute approximate surface area is 119 Å². The third kappa shape index (κ3) is 4.61. The summed E-state index contributed by atoms with van der Waals surface area (Å²) in [4.78, 5) is 0. The molecule has 0 unspecified atom stereocenters. The van der Waals surface area contributed by atoms with Gasteiger partial charge < -0.3 is 0 Å². The van der Waals surface area contributed by atoms with Gasteiger partial charge in [0, 0.05) is 23.5 Å². The van der Waals surface area contributed by atoms with E-state index in [1.165, 1.54) is 0 Å². The average Bonchev–Trinajstić information content (AvgIpc) is 2.08. The molecule has 134 valence electrons. The third-order valence-electron chi connectivity index (χ3n) is 1.61. The van der Waals surface area contributed by atoms with Crippen molar-refractivity contribution < 1.29 is 61.5 Å². The van der Waals surface area contributed by atoms with Gasteiger partial charge >= 0.3 is 33.4 Å². The van der Waals surface area contributed by atoms with E-state index < -0.39 is 56.9 Å². The van der Waals surface area contributed by atoms with Crippen LogP contribution in [0.2, 0.25) is 0 Å². The molecule has 0 aromatic rings. The molecule has 16 heteroatoms. The van der Waals surface area contributed by atoms with Crippen molar-refractivity contribution in [1.82, 2.24) is 0 Å². The van der Waals surface area contributed by atoms with Crippen LogP contribution in [-0.4, -0.2) is 33.4 Å². The molecule has 0 N–H and O–H groups in total. The molecule has 0 saturated carbocycles. The van der Waals surface area contributed by atoms with Gasteiger partial charge in [-0.15, -0.1) is 0 Å². The Kier molecular flexibility index (Phi) is 5.59. The topological polar surface area (TPSA) is 0 Å². The highest BCUT2D eigenvalue weighted by atomic mass is 32.2. The van der Waals surface area contributed by atoms with Crippen molar-refractivity contribution >= 4 is 23.5 Å². The average molecular weight is 402 g/mol. The van der Waals surface area contributed by atoms with E-state index in [-0.39, 0.29) is 0 Å². The highest BCUT2D eigenvalue weighted by Gasteiger charge is 2.83. The third-order valence-corrected chi connectivity index (χ3v) is 3.10. The highest BCUT2D eigenvalue weighted by Crippen LogP contribution is 2.62. The second-order valence-electron chi connectivity index (χ2n) is 3.28. The Morgan fingerprint density at radius 2 is 0.545 bits per heavy atom. The molecule has 0 rings (SSSR count). The summed E-state index contributed by atoms with van der Waals surface area (Å²) >= 11 is -6.12. The normalized spacial score (nSPS) is 16.1. The van der Waals surface area contributed by atoms with E-state index >= 15 is 0 Å². The van der Waals surface area contributed by atoms with E-state index in [4.69, 9.17) is 0 Å². The number of halogens is 14. The molecule has 0 heterocycles. The number of hydrogen-bond donors (Lipinski definition) is 0. The predicted molar refractivity (Wildman–Crippen MR) is 47.1 cm³/mol. The first kappa shape index (κ1) is 21.7. The minimum atomic E-state index is -7.44. The molecule has 0 spiro atoms. The maximum atomic E-state index is 12.7. The summed E-state index contributed by atoms with van der Waals surface area (Å²) < 4.78 is 170. The fraction of sp³-hybridized carbons (Fsp3) is 1.00. The number of hydrogen-bond acceptors (Lipinski definition) is 2. The van der Waals surface area contributed by atoms with Gasteiger partial charge in [-0.05, 0) is 0 Å². The van der Waals surface area contributed by atoms with Gasteiger partial charge in [-0.1, -0.05) is 0 Å². The van der Waals surface area contributed by atoms with Gasteiger partial charge in [-0.3, -0.25) is 0 Å². The molecule has 0 atom stereocenters. The van der Waals surface area contributed by atoms with Crippen LogP contribution in [-0.2, 0) is 0 Å². The van der Waals surface area contributed by atoms with Crippen LogP contribution < -0.4 is 0 Å². The van der Waals surface area contributed by atoms with Gasteiger partial charge in [0.05, 0.1) is 0 Å². The lowest BCUT2D eigenvalue weighted by molar-refractivity contribution is -0.324. The second-order valence-corrected chi connectivity index (χ2v) is 5.64. The van der Waals surface area contributed by atoms with E-state index in [1.807, 2.05) is 0 Å². The van der Waals surface area contributed by atoms with Gasteiger partial charge in [0.15, 0.2) is 0 Å². The van der Waals surface area contributed by atoms with Crippen molar-refractivity contribution in [2.75, 3.05) is 0 Å².